The van der Waals surface area contributed by atoms with Crippen LogP contribution in [-0.4, -0.2) is 53.7 Å². The molecule has 0 bridgehead atoms. The molecule has 2 aliphatic rings. The first-order valence-corrected chi connectivity index (χ1v) is 8.96. The predicted molar refractivity (Wildman–Crippen MR) is 91.0 cm³/mol. The molecule has 3 nitrogen and oxygen atoms in total. The SMILES string of the molecule is CC(O)CCN1CCCN(C2CCCc3ccccc32)CC1. The number of nitrogens with zero attached hydrogens (tertiary/aromatic N) is 2. The summed E-state index contributed by atoms with van der Waals surface area (Å²) >= 11 is 0. The maximum atomic E-state index is 9.48. The molecule has 122 valence electrons. The summed E-state index contributed by atoms with van der Waals surface area (Å²) in [6, 6.07) is 9.66. The number of hydrogen-bond donors (Lipinski definition) is 1. The summed E-state index contributed by atoms with van der Waals surface area (Å²) in [5.41, 5.74) is 3.14. The second-order valence-electron chi connectivity index (χ2n) is 6.98. The monoisotopic (exact) mass is 302 g/mol. The molecule has 0 saturated carbocycles. The van der Waals surface area contributed by atoms with Crippen LogP contribution in [0.15, 0.2) is 24.3 Å². The largest absolute Gasteiger partial charge is 0.393 e. The van der Waals surface area contributed by atoms with Gasteiger partial charge in [-0.25, -0.2) is 0 Å². The van der Waals surface area contributed by atoms with Crippen molar-refractivity contribution in [3.8, 4) is 0 Å². The summed E-state index contributed by atoms with van der Waals surface area (Å²) in [6.45, 7) is 7.63. The van der Waals surface area contributed by atoms with Crippen molar-refractivity contribution >= 4 is 0 Å². The maximum absolute atomic E-state index is 9.48. The van der Waals surface area contributed by atoms with E-state index in [0.29, 0.717) is 6.04 Å². The summed E-state index contributed by atoms with van der Waals surface area (Å²) in [4.78, 5) is 5.24. The van der Waals surface area contributed by atoms with Crippen LogP contribution in [0.3, 0.4) is 0 Å². The van der Waals surface area contributed by atoms with Crippen molar-refractivity contribution in [2.24, 2.45) is 0 Å². The lowest BCUT2D eigenvalue weighted by Gasteiger charge is -2.35. The Hall–Kier alpha value is -0.900. The van der Waals surface area contributed by atoms with Crippen LogP contribution in [-0.2, 0) is 6.42 Å². The second kappa shape index (κ2) is 7.58. The smallest absolute Gasteiger partial charge is 0.0524 e. The van der Waals surface area contributed by atoms with Crippen molar-refractivity contribution in [2.75, 3.05) is 32.7 Å². The molecule has 2 atom stereocenters. The Morgan fingerprint density at radius 2 is 2.00 bits per heavy atom. The minimum atomic E-state index is -0.176. The molecule has 1 N–H and O–H groups in total. The Labute approximate surface area is 134 Å². The topological polar surface area (TPSA) is 26.7 Å². The van der Waals surface area contributed by atoms with E-state index in [1.165, 1.54) is 45.3 Å². The summed E-state index contributed by atoms with van der Waals surface area (Å²) in [7, 11) is 0. The van der Waals surface area contributed by atoms with Crippen molar-refractivity contribution in [1.29, 1.82) is 0 Å². The van der Waals surface area contributed by atoms with Crippen LogP contribution < -0.4 is 0 Å². The molecule has 2 unspecified atom stereocenters. The number of aliphatic hydroxyl groups excluding tert-OH is 1. The van der Waals surface area contributed by atoms with Gasteiger partial charge in [0.1, 0.15) is 0 Å². The van der Waals surface area contributed by atoms with Gasteiger partial charge < -0.3 is 10.0 Å². The first-order valence-electron chi connectivity index (χ1n) is 8.96. The van der Waals surface area contributed by atoms with E-state index in [-0.39, 0.29) is 6.10 Å². The number of aliphatic hydroxyl groups is 1. The van der Waals surface area contributed by atoms with E-state index in [9.17, 15) is 5.11 Å². The van der Waals surface area contributed by atoms with E-state index in [4.69, 9.17) is 0 Å². The van der Waals surface area contributed by atoms with E-state index >= 15 is 0 Å². The quantitative estimate of drug-likeness (QED) is 0.926. The molecule has 1 aromatic carbocycles. The molecule has 0 aromatic heterocycles. The molecule has 1 aliphatic heterocycles. The van der Waals surface area contributed by atoms with Gasteiger partial charge in [0.25, 0.3) is 0 Å². The molecule has 3 rings (SSSR count). The fourth-order valence-electron chi connectivity index (χ4n) is 4.00. The van der Waals surface area contributed by atoms with Gasteiger partial charge in [-0.15, -0.1) is 0 Å². The van der Waals surface area contributed by atoms with Crippen molar-refractivity contribution in [3.63, 3.8) is 0 Å². The molecule has 0 radical (unpaired) electrons. The minimum Gasteiger partial charge on any atom is -0.393 e. The highest BCUT2D eigenvalue weighted by Gasteiger charge is 2.27. The van der Waals surface area contributed by atoms with E-state index in [1.807, 2.05) is 6.92 Å². The lowest BCUT2D eigenvalue weighted by Crippen LogP contribution is -2.35. The molecule has 0 amide bonds. The Morgan fingerprint density at radius 3 is 2.86 bits per heavy atom. The van der Waals surface area contributed by atoms with Gasteiger partial charge in [0, 0.05) is 32.2 Å². The van der Waals surface area contributed by atoms with E-state index < -0.39 is 0 Å². The Morgan fingerprint density at radius 1 is 1.14 bits per heavy atom. The van der Waals surface area contributed by atoms with Gasteiger partial charge >= 0.3 is 0 Å². The third-order valence-corrected chi connectivity index (χ3v) is 5.26. The Balaban J connectivity index is 1.62. The van der Waals surface area contributed by atoms with Gasteiger partial charge in [0.15, 0.2) is 0 Å². The molecule has 22 heavy (non-hydrogen) atoms. The van der Waals surface area contributed by atoms with Gasteiger partial charge in [-0.1, -0.05) is 24.3 Å². The number of aryl methyl sites for hydroxylation is 1. The van der Waals surface area contributed by atoms with Crippen LogP contribution >= 0.6 is 0 Å². The lowest BCUT2D eigenvalue weighted by molar-refractivity contribution is 0.151. The van der Waals surface area contributed by atoms with Crippen LogP contribution in [0.5, 0.6) is 0 Å². The maximum Gasteiger partial charge on any atom is 0.0524 e. The molecule has 1 saturated heterocycles. The first-order chi connectivity index (χ1) is 10.7. The standard InChI is InChI=1S/C19H30N2O/c1-16(22)10-13-20-11-5-12-21(15-14-20)19-9-4-7-17-6-2-3-8-18(17)19/h2-3,6,8,16,19,22H,4-5,7,9-15H2,1H3. The van der Waals surface area contributed by atoms with Gasteiger partial charge in [0.2, 0.25) is 0 Å². The fraction of sp³-hybridized carbons (Fsp3) is 0.684. The number of benzene rings is 1. The highest BCUT2D eigenvalue weighted by Crippen LogP contribution is 2.34. The summed E-state index contributed by atoms with van der Waals surface area (Å²) < 4.78 is 0. The zero-order chi connectivity index (χ0) is 15.4. The van der Waals surface area contributed by atoms with Crippen LogP contribution in [0.4, 0.5) is 0 Å². The van der Waals surface area contributed by atoms with Crippen molar-refractivity contribution in [3.05, 3.63) is 35.4 Å². The lowest BCUT2D eigenvalue weighted by atomic mass is 9.87. The van der Waals surface area contributed by atoms with Gasteiger partial charge in [0.05, 0.1) is 6.10 Å². The predicted octanol–water partition coefficient (Wildman–Crippen LogP) is 2.84. The van der Waals surface area contributed by atoms with Crippen molar-refractivity contribution in [2.45, 2.75) is 51.2 Å². The third kappa shape index (κ3) is 3.89. The molecular formula is C19H30N2O. The van der Waals surface area contributed by atoms with Gasteiger partial charge in [-0.05, 0) is 56.7 Å². The fourth-order valence-corrected chi connectivity index (χ4v) is 4.00. The number of fused-ring (bicyclic) bond motifs is 1. The molecule has 1 heterocycles. The number of rotatable bonds is 4. The summed E-state index contributed by atoms with van der Waals surface area (Å²) in [5.74, 6) is 0. The Bertz CT molecular complexity index is 474. The zero-order valence-corrected chi connectivity index (χ0v) is 13.9. The minimum absolute atomic E-state index is 0.176. The molecule has 0 spiro atoms. The number of hydrogen-bond acceptors (Lipinski definition) is 3. The molecule has 1 aliphatic carbocycles. The van der Waals surface area contributed by atoms with Crippen molar-refractivity contribution in [1.82, 2.24) is 9.80 Å². The van der Waals surface area contributed by atoms with E-state index in [2.05, 4.69) is 34.1 Å². The normalized spacial score (nSPS) is 25.5. The van der Waals surface area contributed by atoms with Crippen LogP contribution in [0.2, 0.25) is 0 Å². The average molecular weight is 302 g/mol. The Kier molecular flexibility index (Phi) is 5.51. The molecule has 3 heteroatoms. The molecule has 1 fully saturated rings. The van der Waals surface area contributed by atoms with E-state index in [1.54, 1.807) is 11.1 Å². The molecular weight excluding hydrogens is 272 g/mol. The van der Waals surface area contributed by atoms with Crippen LogP contribution in [0.1, 0.15) is 49.8 Å². The van der Waals surface area contributed by atoms with Crippen molar-refractivity contribution < 1.29 is 5.11 Å². The third-order valence-electron chi connectivity index (χ3n) is 5.26. The highest BCUT2D eigenvalue weighted by molar-refractivity contribution is 5.32. The molecule has 1 aromatic rings. The first kappa shape index (κ1) is 16.0. The average Bonchev–Trinajstić information content (AvgIpc) is 2.78. The van der Waals surface area contributed by atoms with Gasteiger partial charge in [-0.2, -0.15) is 0 Å². The zero-order valence-electron chi connectivity index (χ0n) is 13.9. The summed E-state index contributed by atoms with van der Waals surface area (Å²) in [6.07, 6.45) is 5.85. The second-order valence-corrected chi connectivity index (χ2v) is 6.98. The van der Waals surface area contributed by atoms with Crippen LogP contribution in [0, 0.1) is 0 Å². The highest BCUT2D eigenvalue weighted by atomic mass is 16.3. The van der Waals surface area contributed by atoms with Gasteiger partial charge in [-0.3, -0.25) is 4.90 Å². The van der Waals surface area contributed by atoms with E-state index in [0.717, 1.165) is 19.5 Å². The summed E-state index contributed by atoms with van der Waals surface area (Å²) in [5, 5.41) is 9.48. The van der Waals surface area contributed by atoms with Crippen LogP contribution in [0.25, 0.3) is 0 Å².